The van der Waals surface area contributed by atoms with E-state index in [1.54, 1.807) is 19.1 Å². The molecular formula is C32H41N5O4. The summed E-state index contributed by atoms with van der Waals surface area (Å²) in [6.45, 7) is 8.71. The second-order valence-corrected chi connectivity index (χ2v) is 10.8. The molecule has 1 atom stereocenters. The molecule has 0 aliphatic carbocycles. The van der Waals surface area contributed by atoms with Crippen molar-refractivity contribution in [2.45, 2.75) is 39.7 Å². The Morgan fingerprint density at radius 2 is 1.68 bits per heavy atom. The van der Waals surface area contributed by atoms with E-state index in [-0.39, 0.29) is 30.3 Å². The van der Waals surface area contributed by atoms with Crippen LogP contribution >= 0.6 is 0 Å². The molecule has 3 aromatic rings. The van der Waals surface area contributed by atoms with E-state index >= 15 is 0 Å². The van der Waals surface area contributed by atoms with Crippen LogP contribution in [0.4, 0.5) is 5.82 Å². The third-order valence-electron chi connectivity index (χ3n) is 7.47. The second kappa shape index (κ2) is 14.0. The second-order valence-electron chi connectivity index (χ2n) is 10.8. The predicted octanol–water partition coefficient (Wildman–Crippen LogP) is 4.84. The summed E-state index contributed by atoms with van der Waals surface area (Å²) in [4.78, 5) is 32.5. The summed E-state index contributed by atoms with van der Waals surface area (Å²) in [6.07, 6.45) is 1.21. The molecule has 1 aromatic heterocycles. The molecule has 2 heterocycles. The SMILES string of the molecule is COc1ccc(-c2ccc(N3CCCN(C(=O)CN(C(=O)CC(C)C)C(C)c4ccccc4)CC3)nn2)c(OC)c1. The van der Waals surface area contributed by atoms with E-state index in [4.69, 9.17) is 9.47 Å². The first-order valence-electron chi connectivity index (χ1n) is 14.2. The lowest BCUT2D eigenvalue weighted by Gasteiger charge is -2.32. The Bertz CT molecular complexity index is 1300. The van der Waals surface area contributed by atoms with Crippen LogP contribution in [0.2, 0.25) is 0 Å². The monoisotopic (exact) mass is 559 g/mol. The van der Waals surface area contributed by atoms with Crippen LogP contribution in [0, 0.1) is 5.92 Å². The van der Waals surface area contributed by atoms with Gasteiger partial charge < -0.3 is 24.2 Å². The van der Waals surface area contributed by atoms with Crippen LogP contribution in [-0.4, -0.2) is 78.8 Å². The molecule has 41 heavy (non-hydrogen) atoms. The standard InChI is InChI=1S/C32H41N5O4/c1-23(2)20-31(38)37(24(3)25-10-7-6-8-11-25)22-32(39)36-17-9-16-35(18-19-36)30-15-14-28(33-34-30)27-13-12-26(40-4)21-29(27)41-5/h6-8,10-15,21,23-24H,9,16-20,22H2,1-5H3. The summed E-state index contributed by atoms with van der Waals surface area (Å²) < 4.78 is 10.8. The normalized spacial score (nSPS) is 14.4. The fraction of sp³-hybridized carbons (Fsp3) is 0.438. The number of carbonyl (C=O) groups is 2. The van der Waals surface area contributed by atoms with Gasteiger partial charge in [-0.05, 0) is 49.1 Å². The molecule has 1 aliphatic heterocycles. The van der Waals surface area contributed by atoms with Crippen molar-refractivity contribution in [2.24, 2.45) is 5.92 Å². The van der Waals surface area contributed by atoms with E-state index < -0.39 is 0 Å². The van der Waals surface area contributed by atoms with E-state index in [2.05, 4.69) is 15.1 Å². The van der Waals surface area contributed by atoms with Gasteiger partial charge in [0.2, 0.25) is 11.8 Å². The highest BCUT2D eigenvalue weighted by Gasteiger charge is 2.28. The van der Waals surface area contributed by atoms with Crippen LogP contribution in [0.15, 0.2) is 60.7 Å². The highest BCUT2D eigenvalue weighted by atomic mass is 16.5. The molecule has 4 rings (SSSR count). The van der Waals surface area contributed by atoms with Crippen molar-refractivity contribution in [1.29, 1.82) is 0 Å². The molecule has 2 amide bonds. The van der Waals surface area contributed by atoms with Gasteiger partial charge in [-0.25, -0.2) is 0 Å². The molecule has 2 aromatic carbocycles. The van der Waals surface area contributed by atoms with Gasteiger partial charge in [-0.1, -0.05) is 44.2 Å². The number of methoxy groups -OCH3 is 2. The van der Waals surface area contributed by atoms with Crippen molar-refractivity contribution in [3.8, 4) is 22.8 Å². The lowest BCUT2D eigenvalue weighted by atomic mass is 10.0. The van der Waals surface area contributed by atoms with E-state index in [0.717, 1.165) is 29.9 Å². The molecule has 0 saturated carbocycles. The van der Waals surface area contributed by atoms with Gasteiger partial charge in [0, 0.05) is 44.2 Å². The fourth-order valence-electron chi connectivity index (χ4n) is 5.11. The van der Waals surface area contributed by atoms with Crippen molar-refractivity contribution >= 4 is 17.6 Å². The van der Waals surface area contributed by atoms with Gasteiger partial charge in [0.15, 0.2) is 5.82 Å². The average Bonchev–Trinajstić information content (AvgIpc) is 3.26. The summed E-state index contributed by atoms with van der Waals surface area (Å²) in [6, 6.07) is 19.2. The number of hydrogen-bond acceptors (Lipinski definition) is 7. The van der Waals surface area contributed by atoms with Gasteiger partial charge in [0.25, 0.3) is 0 Å². The minimum atomic E-state index is -0.187. The number of anilines is 1. The highest BCUT2D eigenvalue weighted by Crippen LogP contribution is 2.32. The predicted molar refractivity (Wildman–Crippen MR) is 160 cm³/mol. The number of hydrogen-bond donors (Lipinski definition) is 0. The zero-order valence-electron chi connectivity index (χ0n) is 24.7. The van der Waals surface area contributed by atoms with Crippen LogP contribution in [0.5, 0.6) is 11.5 Å². The van der Waals surface area contributed by atoms with E-state index in [1.807, 2.05) is 86.3 Å². The van der Waals surface area contributed by atoms with Crippen molar-refractivity contribution in [3.05, 3.63) is 66.2 Å². The first kappa shape index (κ1) is 29.8. The Morgan fingerprint density at radius 3 is 2.34 bits per heavy atom. The Hall–Kier alpha value is -4.14. The minimum absolute atomic E-state index is 0.00464. The third kappa shape index (κ3) is 7.54. The highest BCUT2D eigenvalue weighted by molar-refractivity contribution is 5.85. The fourth-order valence-corrected chi connectivity index (χ4v) is 5.11. The zero-order valence-corrected chi connectivity index (χ0v) is 24.7. The van der Waals surface area contributed by atoms with Crippen LogP contribution in [0.1, 0.15) is 45.2 Å². The Balaban J connectivity index is 1.42. The molecule has 1 unspecified atom stereocenters. The Morgan fingerprint density at radius 1 is 0.902 bits per heavy atom. The summed E-state index contributed by atoms with van der Waals surface area (Å²) in [7, 11) is 3.23. The molecule has 0 spiro atoms. The zero-order chi connectivity index (χ0) is 29.4. The average molecular weight is 560 g/mol. The Labute approximate surface area is 243 Å². The molecule has 218 valence electrons. The van der Waals surface area contributed by atoms with E-state index in [0.29, 0.717) is 43.2 Å². The van der Waals surface area contributed by atoms with Crippen LogP contribution in [0.25, 0.3) is 11.3 Å². The van der Waals surface area contributed by atoms with E-state index in [9.17, 15) is 9.59 Å². The first-order valence-corrected chi connectivity index (χ1v) is 14.2. The number of nitrogens with zero attached hydrogens (tertiary/aromatic N) is 5. The van der Waals surface area contributed by atoms with Crippen molar-refractivity contribution in [3.63, 3.8) is 0 Å². The molecule has 9 heteroatoms. The van der Waals surface area contributed by atoms with Crippen LogP contribution in [-0.2, 0) is 9.59 Å². The van der Waals surface area contributed by atoms with Crippen LogP contribution < -0.4 is 14.4 Å². The summed E-state index contributed by atoms with van der Waals surface area (Å²) in [5, 5.41) is 8.96. The Kier molecular flexibility index (Phi) is 10.2. The quantitative estimate of drug-likeness (QED) is 0.351. The number of ether oxygens (including phenoxy) is 2. The van der Waals surface area contributed by atoms with Gasteiger partial charge in [0.05, 0.1) is 26.0 Å². The molecule has 9 nitrogen and oxygen atoms in total. The number of aromatic nitrogens is 2. The third-order valence-corrected chi connectivity index (χ3v) is 7.47. The summed E-state index contributed by atoms with van der Waals surface area (Å²) in [5.41, 5.74) is 2.56. The number of benzene rings is 2. The lowest BCUT2D eigenvalue weighted by molar-refractivity contribution is -0.142. The largest absolute Gasteiger partial charge is 0.497 e. The van der Waals surface area contributed by atoms with E-state index in [1.165, 1.54) is 0 Å². The topological polar surface area (TPSA) is 88.1 Å². The van der Waals surface area contributed by atoms with Crippen LogP contribution in [0.3, 0.4) is 0 Å². The molecule has 0 radical (unpaired) electrons. The number of amides is 2. The van der Waals surface area contributed by atoms with Crippen molar-refractivity contribution < 1.29 is 19.1 Å². The molecule has 1 aliphatic rings. The maximum absolute atomic E-state index is 13.5. The lowest BCUT2D eigenvalue weighted by Crippen LogP contribution is -2.45. The first-order chi connectivity index (χ1) is 19.8. The van der Waals surface area contributed by atoms with Gasteiger partial charge in [-0.3, -0.25) is 9.59 Å². The van der Waals surface area contributed by atoms with Crippen molar-refractivity contribution in [2.75, 3.05) is 51.8 Å². The molecular weight excluding hydrogens is 518 g/mol. The maximum Gasteiger partial charge on any atom is 0.242 e. The summed E-state index contributed by atoms with van der Waals surface area (Å²) >= 11 is 0. The van der Waals surface area contributed by atoms with Gasteiger partial charge >= 0.3 is 0 Å². The summed E-state index contributed by atoms with van der Waals surface area (Å²) in [5.74, 6) is 2.33. The molecule has 1 fully saturated rings. The maximum atomic E-state index is 13.5. The van der Waals surface area contributed by atoms with Gasteiger partial charge in [-0.2, -0.15) is 0 Å². The number of carbonyl (C=O) groups excluding carboxylic acids is 2. The number of rotatable bonds is 10. The molecule has 1 saturated heterocycles. The minimum Gasteiger partial charge on any atom is -0.497 e. The van der Waals surface area contributed by atoms with Gasteiger partial charge in [0.1, 0.15) is 18.0 Å². The van der Waals surface area contributed by atoms with Gasteiger partial charge in [-0.15, -0.1) is 10.2 Å². The van der Waals surface area contributed by atoms with Crippen molar-refractivity contribution in [1.82, 2.24) is 20.0 Å². The molecule has 0 N–H and O–H groups in total. The smallest absolute Gasteiger partial charge is 0.242 e. The molecule has 0 bridgehead atoms.